The van der Waals surface area contributed by atoms with Gasteiger partial charge in [0.15, 0.2) is 0 Å². The van der Waals surface area contributed by atoms with Crippen molar-refractivity contribution in [1.82, 2.24) is 4.90 Å². The molecule has 1 aliphatic heterocycles. The first kappa shape index (κ1) is 12.7. The Kier molecular flexibility index (Phi) is 3.34. The third-order valence-corrected chi connectivity index (χ3v) is 3.80. The van der Waals surface area contributed by atoms with Gasteiger partial charge in [-0.25, -0.2) is 4.79 Å². The summed E-state index contributed by atoms with van der Waals surface area (Å²) in [5.74, 6) is 0.935. The zero-order valence-electron chi connectivity index (χ0n) is 11.1. The molecular formula is C13H24N2O2. The first-order chi connectivity index (χ1) is 7.87. The molecule has 2 aliphatic rings. The molecule has 98 valence electrons. The smallest absolute Gasteiger partial charge is 0.410 e. The van der Waals surface area contributed by atoms with Crippen molar-refractivity contribution in [3.8, 4) is 0 Å². The summed E-state index contributed by atoms with van der Waals surface area (Å²) >= 11 is 0. The van der Waals surface area contributed by atoms with Gasteiger partial charge in [-0.15, -0.1) is 0 Å². The van der Waals surface area contributed by atoms with Gasteiger partial charge in [-0.3, -0.25) is 0 Å². The molecule has 0 aromatic rings. The highest BCUT2D eigenvalue weighted by Crippen LogP contribution is 2.34. The maximum Gasteiger partial charge on any atom is 0.410 e. The molecule has 0 spiro atoms. The molecule has 0 aromatic carbocycles. The molecule has 1 saturated carbocycles. The summed E-state index contributed by atoms with van der Waals surface area (Å²) in [4.78, 5) is 13.9. The van der Waals surface area contributed by atoms with Crippen LogP contribution in [0.3, 0.4) is 0 Å². The number of hydrogen-bond donors (Lipinski definition) is 1. The number of piperidine rings is 1. The van der Waals surface area contributed by atoms with E-state index in [0.717, 1.165) is 25.9 Å². The van der Waals surface area contributed by atoms with E-state index < -0.39 is 5.60 Å². The summed E-state index contributed by atoms with van der Waals surface area (Å²) in [6, 6.07) is 0.280. The number of carbonyl (C=O) groups excluding carboxylic acids is 1. The number of nitrogens with zero attached hydrogens (tertiary/aromatic N) is 1. The summed E-state index contributed by atoms with van der Waals surface area (Å²) in [7, 11) is 0. The lowest BCUT2D eigenvalue weighted by Crippen LogP contribution is -2.57. The van der Waals surface area contributed by atoms with Gasteiger partial charge in [-0.2, -0.15) is 0 Å². The van der Waals surface area contributed by atoms with E-state index in [-0.39, 0.29) is 12.1 Å². The van der Waals surface area contributed by atoms with Crippen molar-refractivity contribution >= 4 is 6.09 Å². The van der Waals surface area contributed by atoms with E-state index in [2.05, 4.69) is 0 Å². The van der Waals surface area contributed by atoms with Crippen molar-refractivity contribution in [2.24, 2.45) is 17.6 Å². The van der Waals surface area contributed by atoms with E-state index in [0.29, 0.717) is 11.8 Å². The van der Waals surface area contributed by atoms with Crippen LogP contribution < -0.4 is 5.73 Å². The minimum atomic E-state index is -0.411. The van der Waals surface area contributed by atoms with Gasteiger partial charge in [-0.1, -0.05) is 6.42 Å². The lowest BCUT2D eigenvalue weighted by Gasteiger charge is -2.45. The number of ether oxygens (including phenoxy) is 1. The molecule has 2 N–H and O–H groups in total. The molecule has 4 nitrogen and oxygen atoms in total. The average Bonchev–Trinajstić information content (AvgIpc) is 2.13. The predicted octanol–water partition coefficient (Wildman–Crippen LogP) is 1.98. The second kappa shape index (κ2) is 4.48. The van der Waals surface area contributed by atoms with Crippen molar-refractivity contribution < 1.29 is 9.53 Å². The first-order valence-electron chi connectivity index (χ1n) is 6.60. The third-order valence-electron chi connectivity index (χ3n) is 3.80. The summed E-state index contributed by atoms with van der Waals surface area (Å²) < 4.78 is 5.42. The molecule has 0 radical (unpaired) electrons. The molecule has 2 fully saturated rings. The molecule has 2 unspecified atom stereocenters. The van der Waals surface area contributed by atoms with E-state index in [1.54, 1.807) is 0 Å². The van der Waals surface area contributed by atoms with Crippen LogP contribution in [0, 0.1) is 11.8 Å². The standard InChI is InChI=1S/C13H24N2O2/c1-13(2,3)17-12(16)15-7-9-5-4-6-10(8-15)11(9)14/h9-11H,4-8,14H2,1-3H3. The van der Waals surface area contributed by atoms with Crippen molar-refractivity contribution in [3.05, 3.63) is 0 Å². The molecule has 2 rings (SSSR count). The number of hydrogen-bond acceptors (Lipinski definition) is 3. The number of rotatable bonds is 0. The lowest BCUT2D eigenvalue weighted by atomic mass is 9.74. The van der Waals surface area contributed by atoms with Crippen LogP contribution in [0.4, 0.5) is 4.79 Å². The first-order valence-corrected chi connectivity index (χ1v) is 6.60. The van der Waals surface area contributed by atoms with Crippen LogP contribution >= 0.6 is 0 Å². The van der Waals surface area contributed by atoms with Gasteiger partial charge in [0.2, 0.25) is 0 Å². The highest BCUT2D eigenvalue weighted by Gasteiger charge is 2.39. The highest BCUT2D eigenvalue weighted by molar-refractivity contribution is 5.68. The summed E-state index contributed by atoms with van der Waals surface area (Å²) in [5.41, 5.74) is 5.78. The number of carbonyl (C=O) groups is 1. The number of likely N-dealkylation sites (tertiary alicyclic amines) is 1. The fraction of sp³-hybridized carbons (Fsp3) is 0.923. The van der Waals surface area contributed by atoms with Crippen molar-refractivity contribution in [3.63, 3.8) is 0 Å². The molecule has 0 aromatic heterocycles. The van der Waals surface area contributed by atoms with Crippen LogP contribution in [0.15, 0.2) is 0 Å². The summed E-state index contributed by atoms with van der Waals surface area (Å²) in [5, 5.41) is 0. The van der Waals surface area contributed by atoms with E-state index >= 15 is 0 Å². The SMILES string of the molecule is CC(C)(C)OC(=O)N1CC2CCCC(C1)C2N. The minimum absolute atomic E-state index is 0.179. The normalized spacial score (nSPS) is 33.4. The molecule has 1 aliphatic carbocycles. The van der Waals surface area contributed by atoms with Gasteiger partial charge in [0.1, 0.15) is 5.60 Å². The van der Waals surface area contributed by atoms with E-state index in [1.165, 1.54) is 6.42 Å². The van der Waals surface area contributed by atoms with Gasteiger partial charge in [0, 0.05) is 19.1 Å². The Labute approximate surface area is 103 Å². The third kappa shape index (κ3) is 2.92. The predicted molar refractivity (Wildman–Crippen MR) is 66.6 cm³/mol. The Morgan fingerprint density at radius 3 is 2.24 bits per heavy atom. The van der Waals surface area contributed by atoms with E-state index in [1.807, 2.05) is 25.7 Å². The molecule has 2 bridgehead atoms. The van der Waals surface area contributed by atoms with Crippen molar-refractivity contribution in [2.45, 2.75) is 51.7 Å². The molecule has 4 heteroatoms. The highest BCUT2D eigenvalue weighted by atomic mass is 16.6. The van der Waals surface area contributed by atoms with Crippen LogP contribution in [-0.4, -0.2) is 35.7 Å². The lowest BCUT2D eigenvalue weighted by molar-refractivity contribution is -0.00157. The largest absolute Gasteiger partial charge is 0.444 e. The van der Waals surface area contributed by atoms with Gasteiger partial charge in [0.25, 0.3) is 0 Å². The van der Waals surface area contributed by atoms with Crippen molar-refractivity contribution in [1.29, 1.82) is 0 Å². The fourth-order valence-corrected chi connectivity index (χ4v) is 2.95. The monoisotopic (exact) mass is 240 g/mol. The number of fused-ring (bicyclic) bond motifs is 2. The van der Waals surface area contributed by atoms with E-state index in [9.17, 15) is 4.79 Å². The van der Waals surface area contributed by atoms with Crippen LogP contribution in [-0.2, 0) is 4.74 Å². The number of nitrogens with two attached hydrogens (primary N) is 1. The Hall–Kier alpha value is -0.770. The fourth-order valence-electron chi connectivity index (χ4n) is 2.95. The second-order valence-electron chi connectivity index (χ2n) is 6.41. The molecule has 1 heterocycles. The van der Waals surface area contributed by atoms with Gasteiger partial charge < -0.3 is 15.4 Å². The van der Waals surface area contributed by atoms with Crippen LogP contribution in [0.5, 0.6) is 0 Å². The molecule has 17 heavy (non-hydrogen) atoms. The maximum absolute atomic E-state index is 12.0. The summed E-state index contributed by atoms with van der Waals surface area (Å²) in [6.45, 7) is 7.25. The maximum atomic E-state index is 12.0. The Bertz CT molecular complexity index is 284. The molecule has 1 saturated heterocycles. The topological polar surface area (TPSA) is 55.6 Å². The quantitative estimate of drug-likeness (QED) is 0.704. The Morgan fingerprint density at radius 1 is 1.24 bits per heavy atom. The van der Waals surface area contributed by atoms with Crippen molar-refractivity contribution in [2.75, 3.05) is 13.1 Å². The van der Waals surface area contributed by atoms with Gasteiger partial charge >= 0.3 is 6.09 Å². The Morgan fingerprint density at radius 2 is 1.76 bits per heavy atom. The molecule has 2 atom stereocenters. The van der Waals surface area contributed by atoms with Crippen LogP contribution in [0.2, 0.25) is 0 Å². The summed E-state index contributed by atoms with van der Waals surface area (Å²) in [6.07, 6.45) is 3.38. The average molecular weight is 240 g/mol. The molecule has 1 amide bonds. The van der Waals surface area contributed by atoms with E-state index in [4.69, 9.17) is 10.5 Å². The van der Waals surface area contributed by atoms with Gasteiger partial charge in [0.05, 0.1) is 0 Å². The zero-order valence-corrected chi connectivity index (χ0v) is 11.1. The molecular weight excluding hydrogens is 216 g/mol. The van der Waals surface area contributed by atoms with Crippen LogP contribution in [0.25, 0.3) is 0 Å². The van der Waals surface area contributed by atoms with Gasteiger partial charge in [-0.05, 0) is 45.4 Å². The minimum Gasteiger partial charge on any atom is -0.444 e. The van der Waals surface area contributed by atoms with Crippen LogP contribution in [0.1, 0.15) is 40.0 Å². The Balaban J connectivity index is 1.97. The zero-order chi connectivity index (χ0) is 12.6. The second-order valence-corrected chi connectivity index (χ2v) is 6.41. The number of amides is 1.